The van der Waals surface area contributed by atoms with E-state index in [4.69, 9.17) is 9.88 Å². The number of methoxy groups -OCH3 is 1. The van der Waals surface area contributed by atoms with Gasteiger partial charge in [0.15, 0.2) is 0 Å². The molecule has 52 heavy (non-hydrogen) atoms. The topological polar surface area (TPSA) is 127 Å². The zero-order chi connectivity index (χ0) is 36.0. The van der Waals surface area contributed by atoms with Crippen molar-refractivity contribution in [3.63, 3.8) is 0 Å². The number of likely N-dealkylation sites (tertiary alicyclic amines) is 2. The summed E-state index contributed by atoms with van der Waals surface area (Å²) >= 11 is 0. The van der Waals surface area contributed by atoms with Crippen molar-refractivity contribution in [2.45, 2.75) is 82.8 Å². The lowest BCUT2D eigenvalue weighted by Crippen LogP contribution is -2.51. The molecule has 1 aromatic heterocycles. The molecule has 2 amide bonds. The predicted molar refractivity (Wildman–Crippen MR) is 202 cm³/mol. The number of nitrogens with zero attached hydrogens (tertiary/aromatic N) is 3. The first-order chi connectivity index (χ1) is 25.1. The normalized spacial score (nSPS) is 21.9. The summed E-state index contributed by atoms with van der Waals surface area (Å²) in [5.74, 6) is 1.02. The minimum absolute atomic E-state index is 0.205. The molecular weight excluding hydrogens is 675 g/mol. The van der Waals surface area contributed by atoms with E-state index in [0.29, 0.717) is 18.4 Å². The zero-order valence-electron chi connectivity index (χ0n) is 29.9. The van der Waals surface area contributed by atoms with Crippen molar-refractivity contribution in [2.24, 2.45) is 16.5 Å². The molecule has 0 spiro atoms. The van der Waals surface area contributed by atoms with E-state index in [1.54, 1.807) is 19.2 Å². The van der Waals surface area contributed by atoms with Gasteiger partial charge in [-0.25, -0.2) is 9.86 Å². The number of piperidine rings is 1. The summed E-state index contributed by atoms with van der Waals surface area (Å²) in [5.41, 5.74) is 5.13. The average molecular weight is 724 g/mol. The maximum absolute atomic E-state index is 14.9. The predicted octanol–water partition coefficient (Wildman–Crippen LogP) is 6.20. The smallest absolute Gasteiger partial charge is 0.298 e. The number of aromatic nitrogens is 1. The molecule has 0 bridgehead atoms. The van der Waals surface area contributed by atoms with Crippen molar-refractivity contribution in [3.05, 3.63) is 89.5 Å². The van der Waals surface area contributed by atoms with E-state index in [0.717, 1.165) is 105 Å². The van der Waals surface area contributed by atoms with Crippen LogP contribution in [-0.2, 0) is 28.1 Å². The minimum atomic E-state index is -4.25. The molecule has 10 nitrogen and oxygen atoms in total. The highest BCUT2D eigenvalue weighted by molar-refractivity contribution is 7.87. The molecule has 3 aromatic carbocycles. The molecule has 0 unspecified atom stereocenters. The van der Waals surface area contributed by atoms with E-state index in [1.807, 2.05) is 22.9 Å². The molecule has 2 aliphatic carbocycles. The molecule has 3 N–H and O–H groups in total. The summed E-state index contributed by atoms with van der Waals surface area (Å²) in [4.78, 5) is 32.8. The van der Waals surface area contributed by atoms with E-state index < -0.39 is 21.5 Å². The molecule has 11 heteroatoms. The van der Waals surface area contributed by atoms with Crippen LogP contribution < -0.4 is 14.6 Å². The Morgan fingerprint density at radius 2 is 1.67 bits per heavy atom. The van der Waals surface area contributed by atoms with Gasteiger partial charge in [-0.15, -0.1) is 0 Å². The van der Waals surface area contributed by atoms with Gasteiger partial charge in [0.25, 0.3) is 16.1 Å². The number of hydrogen-bond donors (Lipinski definition) is 2. The van der Waals surface area contributed by atoms with Gasteiger partial charge in [-0.2, -0.15) is 8.42 Å². The van der Waals surface area contributed by atoms with Gasteiger partial charge in [0.1, 0.15) is 5.75 Å². The lowest BCUT2D eigenvalue weighted by atomic mass is 9.81. The summed E-state index contributed by atoms with van der Waals surface area (Å²) < 4.78 is 33.4. The van der Waals surface area contributed by atoms with Crippen LogP contribution in [0.5, 0.6) is 5.75 Å². The van der Waals surface area contributed by atoms with Crippen molar-refractivity contribution in [2.75, 3.05) is 26.7 Å². The molecule has 2 atom stereocenters. The Morgan fingerprint density at radius 1 is 0.923 bits per heavy atom. The molecule has 8 rings (SSSR count). The van der Waals surface area contributed by atoms with Gasteiger partial charge in [0, 0.05) is 55.2 Å². The van der Waals surface area contributed by atoms with Crippen molar-refractivity contribution in [1.82, 2.24) is 19.1 Å². The average Bonchev–Trinajstić information content (AvgIpc) is 3.71. The number of ether oxygens (including phenoxy) is 1. The van der Waals surface area contributed by atoms with Crippen molar-refractivity contribution in [1.29, 1.82) is 0 Å². The molecule has 0 radical (unpaired) electrons. The third kappa shape index (κ3) is 6.86. The largest absolute Gasteiger partial charge is 0.497 e. The summed E-state index contributed by atoms with van der Waals surface area (Å²) in [5, 5.41) is 6.24. The molecule has 4 fully saturated rings. The summed E-state index contributed by atoms with van der Waals surface area (Å²) in [7, 11) is -2.59. The van der Waals surface area contributed by atoms with Crippen LogP contribution in [0.1, 0.15) is 85.2 Å². The molecule has 2 saturated carbocycles. The van der Waals surface area contributed by atoms with Crippen LogP contribution in [0, 0.1) is 11.3 Å². The quantitative estimate of drug-likeness (QED) is 0.201. The van der Waals surface area contributed by atoms with Crippen LogP contribution in [0.3, 0.4) is 0 Å². The monoisotopic (exact) mass is 723 g/mol. The summed E-state index contributed by atoms with van der Waals surface area (Å²) in [6.45, 7) is 4.06. The molecular formula is C41H49N5O5S. The van der Waals surface area contributed by atoms with Crippen LogP contribution in [0.4, 0.5) is 0 Å². The lowest BCUT2D eigenvalue weighted by Gasteiger charge is -2.39. The second-order valence-corrected chi connectivity index (χ2v) is 16.8. The van der Waals surface area contributed by atoms with Crippen LogP contribution >= 0.6 is 0 Å². The van der Waals surface area contributed by atoms with Gasteiger partial charge in [0.2, 0.25) is 5.91 Å². The summed E-state index contributed by atoms with van der Waals surface area (Å²) in [6, 6.07) is 24.3. The molecule has 2 aliphatic heterocycles. The zero-order valence-corrected chi connectivity index (χ0v) is 30.7. The number of hydrogen-bond acceptors (Lipinski definition) is 6. The second-order valence-electron chi connectivity index (χ2n) is 15.5. The fraction of sp³-hybridized carbons (Fsp3) is 0.463. The van der Waals surface area contributed by atoms with E-state index in [1.165, 1.54) is 17.5 Å². The molecule has 3 heterocycles. The first-order valence-electron chi connectivity index (χ1n) is 18.9. The Balaban J connectivity index is 1.19. The maximum Gasteiger partial charge on any atom is 0.298 e. The van der Waals surface area contributed by atoms with E-state index in [9.17, 15) is 18.0 Å². The van der Waals surface area contributed by atoms with Gasteiger partial charge < -0.3 is 14.2 Å². The third-order valence-electron chi connectivity index (χ3n) is 12.1. The lowest BCUT2D eigenvalue weighted by molar-refractivity contribution is -0.142. The number of amides is 2. The standard InChI is InChI=1S/C41H49N5O5S/c1-51-33-17-14-30(15-18-33)38-37(29-11-6-3-7-12-29)34-19-16-31(39(47)43-52(42,49)50)23-35(34)46(38)27-41(20-21-41)40(48)45-22-8-13-32-25-44(26-36(32)45)24-28-9-4-2-5-10-28/h2,4-5,9-10,14-19,23,29,32,36H,3,6-8,11-13,20-22,24-27H2,1H3,(H,43,47)(H2,42,49,50)/t32-,36+/m0/s1. The first kappa shape index (κ1) is 34.9. The Hall–Kier alpha value is -4.19. The summed E-state index contributed by atoms with van der Waals surface area (Å²) in [6.07, 6.45) is 9.41. The van der Waals surface area contributed by atoms with Gasteiger partial charge in [0.05, 0.1) is 18.2 Å². The molecule has 4 aromatic rings. The SMILES string of the molecule is COc1ccc(-c2c(C3CCCCC3)c3ccc(C(=O)NS(N)(=O)=O)cc3n2CC2(C(=O)N3CCC[C@H]4CN(Cc5ccccc5)C[C@H]43)CC2)cc1. The molecule has 2 saturated heterocycles. The number of carbonyl (C=O) groups excluding carboxylic acids is 2. The highest BCUT2D eigenvalue weighted by Crippen LogP contribution is 2.53. The molecule has 274 valence electrons. The van der Waals surface area contributed by atoms with Crippen LogP contribution in [0.15, 0.2) is 72.8 Å². The van der Waals surface area contributed by atoms with Gasteiger partial charge in [-0.1, -0.05) is 55.7 Å². The number of rotatable bonds is 10. The van der Waals surface area contributed by atoms with E-state index in [-0.39, 0.29) is 17.5 Å². The fourth-order valence-corrected chi connectivity index (χ4v) is 9.80. The Labute approximate surface area is 306 Å². The fourth-order valence-electron chi connectivity index (χ4n) is 9.42. The third-order valence-corrected chi connectivity index (χ3v) is 12.6. The van der Waals surface area contributed by atoms with E-state index >= 15 is 0 Å². The highest BCUT2D eigenvalue weighted by Gasteiger charge is 2.55. The number of benzene rings is 3. The number of nitrogens with one attached hydrogen (secondary N) is 1. The van der Waals surface area contributed by atoms with Gasteiger partial charge in [-0.05, 0) is 103 Å². The Kier molecular flexibility index (Phi) is 9.38. The Morgan fingerprint density at radius 3 is 2.37 bits per heavy atom. The number of fused-ring (bicyclic) bond motifs is 2. The first-order valence-corrected chi connectivity index (χ1v) is 20.4. The van der Waals surface area contributed by atoms with Crippen molar-refractivity contribution in [3.8, 4) is 17.0 Å². The molecule has 4 aliphatic rings. The van der Waals surface area contributed by atoms with Crippen molar-refractivity contribution < 1.29 is 22.7 Å². The van der Waals surface area contributed by atoms with Crippen molar-refractivity contribution >= 4 is 32.9 Å². The number of carbonyl (C=O) groups is 2. The number of nitrogens with two attached hydrogens (primary N) is 1. The van der Waals surface area contributed by atoms with E-state index in [2.05, 4.69) is 56.8 Å². The Bertz CT molecular complexity index is 2070. The van der Waals surface area contributed by atoms with Crippen LogP contribution in [-0.4, -0.2) is 67.4 Å². The van der Waals surface area contributed by atoms with Crippen LogP contribution in [0.2, 0.25) is 0 Å². The van der Waals surface area contributed by atoms with Gasteiger partial charge >= 0.3 is 0 Å². The van der Waals surface area contributed by atoms with Gasteiger partial charge in [-0.3, -0.25) is 14.5 Å². The second kappa shape index (κ2) is 14.0. The maximum atomic E-state index is 14.9. The highest BCUT2D eigenvalue weighted by atomic mass is 32.2. The van der Waals surface area contributed by atoms with Crippen LogP contribution in [0.25, 0.3) is 22.2 Å². The minimum Gasteiger partial charge on any atom is -0.497 e.